The van der Waals surface area contributed by atoms with E-state index in [9.17, 15) is 0 Å². The minimum Gasteiger partial charge on any atom is -0.454 e. The average Bonchev–Trinajstić information content (AvgIpc) is 2.82. The minimum atomic E-state index is 0.342. The van der Waals surface area contributed by atoms with Crippen LogP contribution in [0.3, 0.4) is 0 Å². The van der Waals surface area contributed by atoms with E-state index in [0.29, 0.717) is 6.79 Å². The molecule has 0 unspecified atom stereocenters. The Bertz CT molecular complexity index is 433. The Morgan fingerprint density at radius 1 is 1.35 bits per heavy atom. The van der Waals surface area contributed by atoms with Gasteiger partial charge in [-0.05, 0) is 37.0 Å². The van der Waals surface area contributed by atoms with E-state index in [2.05, 4.69) is 31.7 Å². The molecule has 0 fully saturated rings. The van der Waals surface area contributed by atoms with Gasteiger partial charge in [-0.3, -0.25) is 0 Å². The van der Waals surface area contributed by atoms with Crippen LogP contribution >= 0.6 is 0 Å². The predicted molar refractivity (Wildman–Crippen MR) is 69.5 cm³/mol. The number of hydrogen-bond donors (Lipinski definition) is 0. The Morgan fingerprint density at radius 2 is 2.18 bits per heavy atom. The van der Waals surface area contributed by atoms with Crippen molar-refractivity contribution in [3.63, 3.8) is 0 Å². The normalized spacial score (nSPS) is 13.8. The number of aryl methyl sites for hydroxylation is 1. The molecular formula is C15H18O2. The van der Waals surface area contributed by atoms with E-state index in [1.54, 1.807) is 0 Å². The van der Waals surface area contributed by atoms with Crippen molar-refractivity contribution < 1.29 is 9.47 Å². The lowest BCUT2D eigenvalue weighted by Crippen LogP contribution is -1.92. The number of hydrogen-bond acceptors (Lipinski definition) is 2. The highest BCUT2D eigenvalue weighted by molar-refractivity contribution is 5.44. The topological polar surface area (TPSA) is 18.5 Å². The summed E-state index contributed by atoms with van der Waals surface area (Å²) < 4.78 is 10.6. The number of benzene rings is 1. The first-order valence-electron chi connectivity index (χ1n) is 6.03. The van der Waals surface area contributed by atoms with E-state index in [0.717, 1.165) is 30.8 Å². The molecule has 0 saturated heterocycles. The third kappa shape index (κ3) is 2.90. The second kappa shape index (κ2) is 5.58. The fourth-order valence-corrected chi connectivity index (χ4v) is 1.89. The summed E-state index contributed by atoms with van der Waals surface area (Å²) in [4.78, 5) is 0. The molecule has 1 aliphatic heterocycles. The van der Waals surface area contributed by atoms with E-state index in [1.165, 1.54) is 11.1 Å². The summed E-state index contributed by atoms with van der Waals surface area (Å²) in [5.74, 6) is 1.72. The maximum Gasteiger partial charge on any atom is 0.231 e. The first-order chi connectivity index (χ1) is 8.33. The largest absolute Gasteiger partial charge is 0.454 e. The molecule has 90 valence electrons. The SMILES string of the molecule is C=C/C(=C/CCc1ccc2c(c1)OCO2)CC. The van der Waals surface area contributed by atoms with Crippen molar-refractivity contribution in [1.29, 1.82) is 0 Å². The van der Waals surface area contributed by atoms with Crippen LogP contribution in [0.5, 0.6) is 11.5 Å². The van der Waals surface area contributed by atoms with Crippen molar-refractivity contribution in [2.24, 2.45) is 0 Å². The van der Waals surface area contributed by atoms with Crippen LogP contribution in [-0.4, -0.2) is 6.79 Å². The first-order valence-corrected chi connectivity index (χ1v) is 6.03. The highest BCUT2D eigenvalue weighted by Crippen LogP contribution is 2.32. The smallest absolute Gasteiger partial charge is 0.231 e. The molecule has 1 aromatic rings. The van der Waals surface area contributed by atoms with Crippen molar-refractivity contribution in [2.75, 3.05) is 6.79 Å². The van der Waals surface area contributed by atoms with Gasteiger partial charge >= 0.3 is 0 Å². The van der Waals surface area contributed by atoms with Crippen LogP contribution in [0.4, 0.5) is 0 Å². The van der Waals surface area contributed by atoms with Gasteiger partial charge in [0.05, 0.1) is 0 Å². The molecule has 1 heterocycles. The van der Waals surface area contributed by atoms with E-state index >= 15 is 0 Å². The summed E-state index contributed by atoms with van der Waals surface area (Å²) in [6, 6.07) is 6.15. The molecule has 2 rings (SSSR count). The van der Waals surface area contributed by atoms with Crippen LogP contribution in [0.25, 0.3) is 0 Å². The van der Waals surface area contributed by atoms with Crippen molar-refractivity contribution in [2.45, 2.75) is 26.2 Å². The molecule has 0 amide bonds. The lowest BCUT2D eigenvalue weighted by atomic mass is 10.1. The molecule has 0 aromatic heterocycles. The summed E-state index contributed by atoms with van der Waals surface area (Å²) in [6.07, 6.45) is 7.28. The summed E-state index contributed by atoms with van der Waals surface area (Å²) in [5.41, 5.74) is 2.59. The minimum absolute atomic E-state index is 0.342. The number of fused-ring (bicyclic) bond motifs is 1. The molecule has 1 aliphatic rings. The van der Waals surface area contributed by atoms with Gasteiger partial charge < -0.3 is 9.47 Å². The zero-order chi connectivity index (χ0) is 12.1. The molecule has 0 atom stereocenters. The van der Waals surface area contributed by atoms with Crippen LogP contribution in [0.1, 0.15) is 25.3 Å². The van der Waals surface area contributed by atoms with E-state index < -0.39 is 0 Å². The lowest BCUT2D eigenvalue weighted by Gasteiger charge is -2.02. The van der Waals surface area contributed by atoms with Gasteiger partial charge in [0, 0.05) is 0 Å². The fourth-order valence-electron chi connectivity index (χ4n) is 1.89. The monoisotopic (exact) mass is 230 g/mol. The van der Waals surface area contributed by atoms with Crippen molar-refractivity contribution in [3.8, 4) is 11.5 Å². The van der Waals surface area contributed by atoms with Crippen molar-refractivity contribution >= 4 is 0 Å². The molecule has 0 spiro atoms. The molecule has 0 radical (unpaired) electrons. The highest BCUT2D eigenvalue weighted by atomic mass is 16.7. The molecule has 0 N–H and O–H groups in total. The summed E-state index contributed by atoms with van der Waals surface area (Å²) >= 11 is 0. The molecular weight excluding hydrogens is 212 g/mol. The molecule has 0 bridgehead atoms. The first kappa shape index (κ1) is 11.8. The lowest BCUT2D eigenvalue weighted by molar-refractivity contribution is 0.174. The third-order valence-electron chi connectivity index (χ3n) is 2.95. The Morgan fingerprint density at radius 3 is 2.94 bits per heavy atom. The highest BCUT2D eigenvalue weighted by Gasteiger charge is 2.12. The third-order valence-corrected chi connectivity index (χ3v) is 2.95. The van der Waals surface area contributed by atoms with E-state index in [-0.39, 0.29) is 0 Å². The van der Waals surface area contributed by atoms with Gasteiger partial charge in [-0.2, -0.15) is 0 Å². The Kier molecular flexibility index (Phi) is 3.86. The Balaban J connectivity index is 1.96. The molecule has 0 aliphatic carbocycles. The summed E-state index contributed by atoms with van der Waals surface area (Å²) in [6.45, 7) is 6.29. The zero-order valence-electron chi connectivity index (χ0n) is 10.2. The zero-order valence-corrected chi connectivity index (χ0v) is 10.2. The Hall–Kier alpha value is -1.70. The Labute approximate surface area is 103 Å². The molecule has 2 heteroatoms. The maximum atomic E-state index is 5.36. The number of ether oxygens (including phenoxy) is 2. The quantitative estimate of drug-likeness (QED) is 0.715. The van der Waals surface area contributed by atoms with Crippen LogP contribution < -0.4 is 9.47 Å². The van der Waals surface area contributed by atoms with Crippen molar-refractivity contribution in [1.82, 2.24) is 0 Å². The van der Waals surface area contributed by atoms with Gasteiger partial charge in [0.15, 0.2) is 11.5 Å². The summed E-state index contributed by atoms with van der Waals surface area (Å²) in [5, 5.41) is 0. The van der Waals surface area contributed by atoms with Crippen molar-refractivity contribution in [3.05, 3.63) is 48.1 Å². The van der Waals surface area contributed by atoms with Crippen LogP contribution in [-0.2, 0) is 6.42 Å². The second-order valence-electron chi connectivity index (χ2n) is 4.06. The average molecular weight is 230 g/mol. The van der Waals surface area contributed by atoms with Gasteiger partial charge in [0.2, 0.25) is 6.79 Å². The van der Waals surface area contributed by atoms with Gasteiger partial charge in [-0.25, -0.2) is 0 Å². The van der Waals surface area contributed by atoms with Crippen LogP contribution in [0.15, 0.2) is 42.5 Å². The molecule has 0 saturated carbocycles. The van der Waals surface area contributed by atoms with E-state index in [1.807, 2.05) is 12.1 Å². The van der Waals surface area contributed by atoms with Crippen LogP contribution in [0, 0.1) is 0 Å². The van der Waals surface area contributed by atoms with Gasteiger partial charge in [-0.15, -0.1) is 0 Å². The fraction of sp³-hybridized carbons (Fsp3) is 0.333. The van der Waals surface area contributed by atoms with Gasteiger partial charge in [0.25, 0.3) is 0 Å². The maximum absolute atomic E-state index is 5.36. The van der Waals surface area contributed by atoms with Gasteiger partial charge in [0.1, 0.15) is 0 Å². The summed E-state index contributed by atoms with van der Waals surface area (Å²) in [7, 11) is 0. The second-order valence-corrected chi connectivity index (χ2v) is 4.06. The van der Waals surface area contributed by atoms with Gasteiger partial charge in [-0.1, -0.05) is 37.3 Å². The number of allylic oxidation sites excluding steroid dienone is 3. The predicted octanol–water partition coefficient (Wildman–Crippen LogP) is 3.87. The molecule has 2 nitrogen and oxygen atoms in total. The molecule has 1 aromatic carbocycles. The number of rotatable bonds is 5. The van der Waals surface area contributed by atoms with E-state index in [4.69, 9.17) is 9.47 Å². The standard InChI is InChI=1S/C15H18O2/c1-3-12(4-2)6-5-7-13-8-9-14-15(10-13)17-11-16-14/h3,6,8-10H,1,4-5,7,11H2,2H3/b12-6-. The molecule has 17 heavy (non-hydrogen) atoms. The van der Waals surface area contributed by atoms with Crippen LogP contribution in [0.2, 0.25) is 0 Å².